The number of benzene rings is 2. The van der Waals surface area contributed by atoms with Crippen LogP contribution in [0, 0.1) is 0 Å². The second-order valence-corrected chi connectivity index (χ2v) is 6.59. The first-order chi connectivity index (χ1) is 13.6. The van der Waals surface area contributed by atoms with E-state index >= 15 is 0 Å². The van der Waals surface area contributed by atoms with Crippen molar-refractivity contribution in [3.8, 4) is 5.75 Å². The summed E-state index contributed by atoms with van der Waals surface area (Å²) in [7, 11) is 0. The Hall–Kier alpha value is -3.41. The molecule has 1 N–H and O–H groups in total. The Kier molecular flexibility index (Phi) is 6.57. The van der Waals surface area contributed by atoms with Gasteiger partial charge in [-0.1, -0.05) is 24.3 Å². The minimum atomic E-state index is -0.225. The molecule has 0 bridgehead atoms. The van der Waals surface area contributed by atoms with Crippen LogP contribution in [0.4, 0.5) is 5.69 Å². The molecule has 1 aromatic heterocycles. The van der Waals surface area contributed by atoms with Gasteiger partial charge in [0.2, 0.25) is 0 Å². The highest BCUT2D eigenvalue weighted by Gasteiger charge is 2.05. The number of hydrogen-bond acceptors (Lipinski definition) is 4. The van der Waals surface area contributed by atoms with E-state index in [-0.39, 0.29) is 18.3 Å². The van der Waals surface area contributed by atoms with Crippen molar-refractivity contribution in [3.05, 3.63) is 78.1 Å². The van der Waals surface area contributed by atoms with Crippen LogP contribution in [0.5, 0.6) is 5.75 Å². The lowest BCUT2D eigenvalue weighted by Gasteiger charge is -2.09. The number of amides is 1. The van der Waals surface area contributed by atoms with Gasteiger partial charge in [0, 0.05) is 24.5 Å². The van der Waals surface area contributed by atoms with E-state index in [1.807, 2.05) is 65.5 Å². The SMILES string of the molecule is CC(=O)CCc1ccc(OCC(=O)Nc2cccc(Cn3cccn3)c2)cc1. The minimum absolute atomic E-state index is 0.0732. The highest BCUT2D eigenvalue weighted by molar-refractivity contribution is 5.91. The maximum atomic E-state index is 12.2. The molecular weight excluding hydrogens is 354 g/mol. The molecule has 0 saturated heterocycles. The fraction of sp³-hybridized carbons (Fsp3) is 0.227. The predicted molar refractivity (Wildman–Crippen MR) is 107 cm³/mol. The second-order valence-electron chi connectivity index (χ2n) is 6.59. The molecule has 0 radical (unpaired) electrons. The van der Waals surface area contributed by atoms with Crippen LogP contribution in [-0.4, -0.2) is 28.1 Å². The summed E-state index contributed by atoms with van der Waals surface area (Å²) >= 11 is 0. The smallest absolute Gasteiger partial charge is 0.262 e. The zero-order valence-corrected chi connectivity index (χ0v) is 15.8. The molecule has 3 aromatic rings. The summed E-state index contributed by atoms with van der Waals surface area (Å²) in [5.41, 5.74) is 2.84. The van der Waals surface area contributed by atoms with Crippen LogP contribution in [0.1, 0.15) is 24.5 Å². The third-order valence-electron chi connectivity index (χ3n) is 4.17. The Morgan fingerprint density at radius 1 is 1.07 bits per heavy atom. The quantitative estimate of drug-likeness (QED) is 0.620. The first-order valence-electron chi connectivity index (χ1n) is 9.16. The lowest BCUT2D eigenvalue weighted by Crippen LogP contribution is -2.20. The lowest BCUT2D eigenvalue weighted by atomic mass is 10.1. The number of rotatable bonds is 9. The van der Waals surface area contributed by atoms with Gasteiger partial charge in [-0.15, -0.1) is 0 Å². The summed E-state index contributed by atoms with van der Waals surface area (Å²) < 4.78 is 7.37. The third-order valence-corrected chi connectivity index (χ3v) is 4.17. The normalized spacial score (nSPS) is 10.5. The first kappa shape index (κ1) is 19.4. The summed E-state index contributed by atoms with van der Waals surface area (Å²) in [5.74, 6) is 0.566. The molecule has 6 nitrogen and oxygen atoms in total. The van der Waals surface area contributed by atoms with Crippen molar-refractivity contribution in [1.82, 2.24) is 9.78 Å². The Morgan fingerprint density at radius 2 is 1.89 bits per heavy atom. The van der Waals surface area contributed by atoms with Crippen molar-refractivity contribution < 1.29 is 14.3 Å². The lowest BCUT2D eigenvalue weighted by molar-refractivity contribution is -0.118. The maximum absolute atomic E-state index is 12.2. The molecule has 0 unspecified atom stereocenters. The number of Topliss-reactive ketones (excluding diaryl/α,β-unsaturated/α-hetero) is 1. The molecule has 2 aromatic carbocycles. The monoisotopic (exact) mass is 377 g/mol. The topological polar surface area (TPSA) is 73.2 Å². The maximum Gasteiger partial charge on any atom is 0.262 e. The number of aryl methyl sites for hydroxylation is 1. The highest BCUT2D eigenvalue weighted by Crippen LogP contribution is 2.15. The number of nitrogens with zero attached hydrogens (tertiary/aromatic N) is 2. The van der Waals surface area contributed by atoms with Gasteiger partial charge < -0.3 is 14.8 Å². The van der Waals surface area contributed by atoms with Gasteiger partial charge in [0.1, 0.15) is 11.5 Å². The molecule has 0 aliphatic rings. The molecule has 0 aliphatic heterocycles. The van der Waals surface area contributed by atoms with Gasteiger partial charge in [-0.25, -0.2) is 0 Å². The first-order valence-corrected chi connectivity index (χ1v) is 9.16. The minimum Gasteiger partial charge on any atom is -0.484 e. The van der Waals surface area contributed by atoms with E-state index in [1.54, 1.807) is 13.1 Å². The molecule has 28 heavy (non-hydrogen) atoms. The largest absolute Gasteiger partial charge is 0.484 e. The van der Waals surface area contributed by atoms with Crippen LogP contribution in [0.15, 0.2) is 67.0 Å². The molecular formula is C22H23N3O3. The van der Waals surface area contributed by atoms with Gasteiger partial charge in [-0.2, -0.15) is 5.10 Å². The van der Waals surface area contributed by atoms with Crippen molar-refractivity contribution in [3.63, 3.8) is 0 Å². The van der Waals surface area contributed by atoms with Gasteiger partial charge in [0.05, 0.1) is 6.54 Å². The van der Waals surface area contributed by atoms with Gasteiger partial charge in [-0.05, 0) is 54.8 Å². The van der Waals surface area contributed by atoms with Gasteiger partial charge >= 0.3 is 0 Å². The van der Waals surface area contributed by atoms with Crippen molar-refractivity contribution in [2.45, 2.75) is 26.3 Å². The van der Waals surface area contributed by atoms with E-state index in [0.717, 1.165) is 16.8 Å². The van der Waals surface area contributed by atoms with Gasteiger partial charge in [0.25, 0.3) is 5.91 Å². The number of nitrogens with one attached hydrogen (secondary N) is 1. The molecule has 1 amide bonds. The van der Waals surface area contributed by atoms with Crippen molar-refractivity contribution in [2.24, 2.45) is 0 Å². The van der Waals surface area contributed by atoms with Gasteiger partial charge in [0.15, 0.2) is 6.61 Å². The van der Waals surface area contributed by atoms with Crippen LogP contribution >= 0.6 is 0 Å². The van der Waals surface area contributed by atoms with Crippen LogP contribution < -0.4 is 10.1 Å². The van der Waals surface area contributed by atoms with Crippen LogP contribution in [0.3, 0.4) is 0 Å². The average molecular weight is 377 g/mol. The summed E-state index contributed by atoms with van der Waals surface area (Å²) in [6.07, 6.45) is 4.87. The van der Waals surface area contributed by atoms with Gasteiger partial charge in [-0.3, -0.25) is 9.48 Å². The number of ether oxygens (including phenoxy) is 1. The molecule has 0 aliphatic carbocycles. The highest BCUT2D eigenvalue weighted by atomic mass is 16.5. The van der Waals surface area contributed by atoms with Crippen LogP contribution in [0.2, 0.25) is 0 Å². The molecule has 0 spiro atoms. The number of hydrogen-bond donors (Lipinski definition) is 1. The second kappa shape index (κ2) is 9.50. The van der Waals surface area contributed by atoms with Crippen molar-refractivity contribution in [2.75, 3.05) is 11.9 Å². The third kappa shape index (κ3) is 6.09. The molecule has 0 saturated carbocycles. The van der Waals surface area contributed by atoms with Crippen LogP contribution in [-0.2, 0) is 22.6 Å². The predicted octanol–water partition coefficient (Wildman–Crippen LogP) is 3.47. The summed E-state index contributed by atoms with van der Waals surface area (Å²) in [6, 6.07) is 17.0. The number of carbonyl (C=O) groups excluding carboxylic acids is 2. The molecule has 0 fully saturated rings. The summed E-state index contributed by atoms with van der Waals surface area (Å²) in [4.78, 5) is 23.2. The van der Waals surface area contributed by atoms with Crippen molar-refractivity contribution >= 4 is 17.4 Å². The number of ketones is 1. The average Bonchev–Trinajstić information content (AvgIpc) is 3.19. The fourth-order valence-corrected chi connectivity index (χ4v) is 2.75. The number of aromatic nitrogens is 2. The molecule has 0 atom stereocenters. The molecule has 144 valence electrons. The molecule has 1 heterocycles. The Morgan fingerprint density at radius 3 is 2.61 bits per heavy atom. The molecule has 3 rings (SSSR count). The summed E-state index contributed by atoms with van der Waals surface area (Å²) in [5, 5.41) is 7.03. The Labute approximate surface area is 164 Å². The Bertz CT molecular complexity index is 918. The fourth-order valence-electron chi connectivity index (χ4n) is 2.75. The van der Waals surface area contributed by atoms with Crippen LogP contribution in [0.25, 0.3) is 0 Å². The number of carbonyl (C=O) groups is 2. The zero-order chi connectivity index (χ0) is 19.8. The summed E-state index contributed by atoms with van der Waals surface area (Å²) in [6.45, 7) is 2.16. The van der Waals surface area contributed by atoms with E-state index in [1.165, 1.54) is 0 Å². The Balaban J connectivity index is 1.48. The van der Waals surface area contributed by atoms with Crippen molar-refractivity contribution in [1.29, 1.82) is 0 Å². The van der Waals surface area contributed by atoms with E-state index in [2.05, 4.69) is 10.4 Å². The molecule has 6 heteroatoms. The zero-order valence-electron chi connectivity index (χ0n) is 15.8. The number of anilines is 1. The van der Waals surface area contributed by atoms with E-state index in [0.29, 0.717) is 25.1 Å². The standard InChI is InChI=1S/C22H23N3O3/c1-17(26)6-7-18-8-10-21(11-9-18)28-16-22(27)24-20-5-2-4-19(14-20)15-25-13-3-12-23-25/h2-5,8-14H,6-7,15-16H2,1H3,(H,24,27). The van der Waals surface area contributed by atoms with E-state index < -0.39 is 0 Å². The van der Waals surface area contributed by atoms with E-state index in [9.17, 15) is 9.59 Å². The van der Waals surface area contributed by atoms with E-state index in [4.69, 9.17) is 4.74 Å².